The van der Waals surface area contributed by atoms with Gasteiger partial charge in [-0.3, -0.25) is 19.7 Å². The molecule has 0 heterocycles. The molecule has 0 spiro atoms. The van der Waals surface area contributed by atoms with E-state index in [1.165, 1.54) is 0 Å². The van der Waals surface area contributed by atoms with Gasteiger partial charge in [0, 0.05) is 6.07 Å². The molecule has 1 aromatic carbocycles. The van der Waals surface area contributed by atoms with E-state index in [4.69, 9.17) is 5.11 Å². The van der Waals surface area contributed by atoms with Crippen LogP contribution in [-0.4, -0.2) is 21.9 Å². The number of benzene rings is 1. The van der Waals surface area contributed by atoms with Crippen LogP contribution in [0.25, 0.3) is 0 Å². The van der Waals surface area contributed by atoms with Gasteiger partial charge in [-0.05, 0) is 12.5 Å². The zero-order valence-corrected chi connectivity index (χ0v) is 9.50. The molecule has 2 rings (SSSR count). The molecule has 1 amide bonds. The van der Waals surface area contributed by atoms with Crippen molar-refractivity contribution in [1.82, 2.24) is 0 Å². The van der Waals surface area contributed by atoms with Gasteiger partial charge in [-0.25, -0.2) is 4.39 Å². The summed E-state index contributed by atoms with van der Waals surface area (Å²) in [6.07, 6.45) is 0.156. The lowest BCUT2D eigenvalue weighted by molar-refractivity contribution is -0.384. The first kappa shape index (κ1) is 12.9. The highest BCUT2D eigenvalue weighted by molar-refractivity contribution is 5.99. The van der Waals surface area contributed by atoms with Crippen LogP contribution in [-0.2, 0) is 9.59 Å². The monoisotopic (exact) mass is 268 g/mol. The van der Waals surface area contributed by atoms with Crippen molar-refractivity contribution in [2.75, 3.05) is 5.32 Å². The molecular formula is C11H9FN2O5. The van der Waals surface area contributed by atoms with E-state index < -0.39 is 45.8 Å². The fraction of sp³-hybridized carbons (Fsp3) is 0.273. The van der Waals surface area contributed by atoms with Gasteiger partial charge in [0.1, 0.15) is 0 Å². The molecule has 0 unspecified atom stereocenters. The molecule has 1 aliphatic carbocycles. The number of carbonyl (C=O) groups excluding carboxylic acids is 1. The molecule has 8 heteroatoms. The summed E-state index contributed by atoms with van der Waals surface area (Å²) in [5.41, 5.74) is -1.10. The zero-order valence-electron chi connectivity index (χ0n) is 9.50. The first-order chi connectivity index (χ1) is 8.91. The number of nitrogens with zero attached hydrogens (tertiary/aromatic N) is 1. The minimum Gasteiger partial charge on any atom is -0.481 e. The van der Waals surface area contributed by atoms with Crippen LogP contribution in [0.4, 0.5) is 15.8 Å². The Morgan fingerprint density at radius 1 is 1.42 bits per heavy atom. The first-order valence-electron chi connectivity index (χ1n) is 5.38. The van der Waals surface area contributed by atoms with Gasteiger partial charge in [-0.1, -0.05) is 6.07 Å². The molecule has 2 atom stereocenters. The summed E-state index contributed by atoms with van der Waals surface area (Å²) in [6.45, 7) is 0. The topological polar surface area (TPSA) is 110 Å². The second-order valence-corrected chi connectivity index (χ2v) is 4.17. The zero-order chi connectivity index (χ0) is 14.2. The molecule has 0 radical (unpaired) electrons. The third kappa shape index (κ3) is 2.51. The fourth-order valence-electron chi connectivity index (χ4n) is 1.76. The van der Waals surface area contributed by atoms with Crippen molar-refractivity contribution in [1.29, 1.82) is 0 Å². The number of nitro groups is 1. The fourth-order valence-corrected chi connectivity index (χ4v) is 1.76. The van der Waals surface area contributed by atoms with Crippen molar-refractivity contribution in [3.63, 3.8) is 0 Å². The SMILES string of the molecule is O=C(O)[C@H]1C[C@H]1C(=O)Nc1c(F)cccc1[N+](=O)[O-]. The van der Waals surface area contributed by atoms with Crippen molar-refractivity contribution < 1.29 is 24.0 Å². The smallest absolute Gasteiger partial charge is 0.307 e. The van der Waals surface area contributed by atoms with Crippen LogP contribution in [0.5, 0.6) is 0 Å². The van der Waals surface area contributed by atoms with Crippen LogP contribution >= 0.6 is 0 Å². The molecule has 1 aliphatic rings. The summed E-state index contributed by atoms with van der Waals surface area (Å²) in [7, 11) is 0. The molecule has 0 saturated heterocycles. The minimum atomic E-state index is -1.11. The maximum Gasteiger partial charge on any atom is 0.307 e. The molecule has 1 fully saturated rings. The number of carboxylic acids is 1. The van der Waals surface area contributed by atoms with Gasteiger partial charge < -0.3 is 10.4 Å². The van der Waals surface area contributed by atoms with Crippen molar-refractivity contribution in [3.8, 4) is 0 Å². The Labute approximate surface area is 106 Å². The summed E-state index contributed by atoms with van der Waals surface area (Å²) in [4.78, 5) is 32.1. The summed E-state index contributed by atoms with van der Waals surface area (Å²) in [5, 5.41) is 21.5. The van der Waals surface area contributed by atoms with E-state index in [0.717, 1.165) is 18.2 Å². The van der Waals surface area contributed by atoms with Crippen LogP contribution < -0.4 is 5.32 Å². The van der Waals surface area contributed by atoms with Crippen LogP contribution in [0.1, 0.15) is 6.42 Å². The first-order valence-corrected chi connectivity index (χ1v) is 5.38. The van der Waals surface area contributed by atoms with E-state index in [9.17, 15) is 24.1 Å². The summed E-state index contributed by atoms with van der Waals surface area (Å²) in [5.74, 6) is -4.33. The molecule has 19 heavy (non-hydrogen) atoms. The molecule has 0 aliphatic heterocycles. The van der Waals surface area contributed by atoms with Gasteiger partial charge in [-0.2, -0.15) is 0 Å². The van der Waals surface area contributed by atoms with Crippen molar-refractivity contribution in [3.05, 3.63) is 34.1 Å². The number of carbonyl (C=O) groups is 2. The number of halogens is 1. The normalized spacial score (nSPS) is 20.7. The van der Waals surface area contributed by atoms with Gasteiger partial charge in [0.25, 0.3) is 5.69 Å². The van der Waals surface area contributed by atoms with Crippen molar-refractivity contribution in [2.24, 2.45) is 11.8 Å². The predicted octanol–water partition coefficient (Wildman–Crippen LogP) is 1.39. The molecular weight excluding hydrogens is 259 g/mol. The van der Waals surface area contributed by atoms with Gasteiger partial charge in [-0.15, -0.1) is 0 Å². The van der Waals surface area contributed by atoms with E-state index in [0.29, 0.717) is 0 Å². The third-order valence-electron chi connectivity index (χ3n) is 2.88. The summed E-state index contributed by atoms with van der Waals surface area (Å²) < 4.78 is 13.5. The van der Waals surface area contributed by atoms with Crippen LogP contribution in [0, 0.1) is 27.8 Å². The highest BCUT2D eigenvalue weighted by Crippen LogP contribution is 2.40. The molecule has 100 valence electrons. The highest BCUT2D eigenvalue weighted by atomic mass is 19.1. The Morgan fingerprint density at radius 2 is 2.11 bits per heavy atom. The molecule has 0 bridgehead atoms. The summed E-state index contributed by atoms with van der Waals surface area (Å²) in [6, 6.07) is 3.19. The number of anilines is 1. The number of carboxylic acid groups (broad SMARTS) is 1. The number of para-hydroxylation sites is 1. The molecule has 7 nitrogen and oxygen atoms in total. The van der Waals surface area contributed by atoms with Crippen LogP contribution in [0.3, 0.4) is 0 Å². The van der Waals surface area contributed by atoms with Crippen molar-refractivity contribution >= 4 is 23.3 Å². The number of aliphatic carboxylic acids is 1. The van der Waals surface area contributed by atoms with Gasteiger partial charge >= 0.3 is 5.97 Å². The van der Waals surface area contributed by atoms with Gasteiger partial charge in [0.15, 0.2) is 11.5 Å². The summed E-state index contributed by atoms with van der Waals surface area (Å²) >= 11 is 0. The maximum atomic E-state index is 13.5. The second kappa shape index (κ2) is 4.63. The molecule has 0 aromatic heterocycles. The Hall–Kier alpha value is -2.51. The number of hydrogen-bond acceptors (Lipinski definition) is 4. The maximum absolute atomic E-state index is 13.5. The number of nitrogens with one attached hydrogen (secondary N) is 1. The number of nitro benzene ring substituents is 1. The highest BCUT2D eigenvalue weighted by Gasteiger charge is 2.48. The van der Waals surface area contributed by atoms with Crippen LogP contribution in [0.2, 0.25) is 0 Å². The minimum absolute atomic E-state index is 0.156. The Bertz CT molecular complexity index is 574. The quantitative estimate of drug-likeness (QED) is 0.633. The van der Waals surface area contributed by atoms with E-state index in [2.05, 4.69) is 5.32 Å². The lowest BCUT2D eigenvalue weighted by Crippen LogP contribution is -2.18. The number of amides is 1. The average molecular weight is 268 g/mol. The Morgan fingerprint density at radius 3 is 2.63 bits per heavy atom. The Balaban J connectivity index is 2.18. The van der Waals surface area contributed by atoms with E-state index in [1.54, 1.807) is 0 Å². The molecule has 2 N–H and O–H groups in total. The van der Waals surface area contributed by atoms with Gasteiger partial charge in [0.05, 0.1) is 16.8 Å². The van der Waals surface area contributed by atoms with Crippen molar-refractivity contribution in [2.45, 2.75) is 6.42 Å². The molecule has 1 aromatic rings. The van der Waals surface area contributed by atoms with E-state index >= 15 is 0 Å². The average Bonchev–Trinajstić information content (AvgIpc) is 3.11. The number of hydrogen-bond donors (Lipinski definition) is 2. The van der Waals surface area contributed by atoms with Crippen LogP contribution in [0.15, 0.2) is 18.2 Å². The predicted molar refractivity (Wildman–Crippen MR) is 60.9 cm³/mol. The second-order valence-electron chi connectivity index (χ2n) is 4.17. The Kier molecular flexibility index (Phi) is 3.16. The van der Waals surface area contributed by atoms with E-state index in [1.807, 2.05) is 0 Å². The third-order valence-corrected chi connectivity index (χ3v) is 2.88. The standard InChI is InChI=1S/C11H9FN2O5/c12-7-2-1-3-8(14(18)19)9(7)13-10(15)5-4-6(5)11(16)17/h1-3,5-6H,4H2,(H,13,15)(H,16,17)/t5-,6+/m1/s1. The molecule has 1 saturated carbocycles. The van der Waals surface area contributed by atoms with E-state index in [-0.39, 0.29) is 6.42 Å². The van der Waals surface area contributed by atoms with Gasteiger partial charge in [0.2, 0.25) is 5.91 Å². The lowest BCUT2D eigenvalue weighted by atomic mass is 10.2. The lowest BCUT2D eigenvalue weighted by Gasteiger charge is -2.06. The number of rotatable bonds is 4. The largest absolute Gasteiger partial charge is 0.481 e.